The Labute approximate surface area is 215 Å². The van der Waals surface area contributed by atoms with Crippen LogP contribution in [0.2, 0.25) is 5.15 Å². The molecule has 0 unspecified atom stereocenters. The van der Waals surface area contributed by atoms with Gasteiger partial charge in [-0.15, -0.1) is 0 Å². The largest absolute Gasteiger partial charge is 0.489 e. The molecule has 0 radical (unpaired) electrons. The van der Waals surface area contributed by atoms with Crippen LogP contribution in [0.5, 0.6) is 5.75 Å². The molecule has 9 nitrogen and oxygen atoms in total. The normalized spacial score (nSPS) is 17.2. The number of amides is 3. The first-order valence-electron chi connectivity index (χ1n) is 11.5. The number of ether oxygens (including phenoxy) is 1. The molecule has 3 aromatic rings. The van der Waals surface area contributed by atoms with E-state index < -0.39 is 23.6 Å². The molecular formula is C25H22ClF2N5O4. The molecule has 192 valence electrons. The second-order valence-electron chi connectivity index (χ2n) is 8.71. The summed E-state index contributed by atoms with van der Waals surface area (Å²) in [6.07, 6.45) is 0.293. The number of likely N-dealkylation sites (N-methyl/N-ethyl adjacent to an activating group) is 1. The minimum Gasteiger partial charge on any atom is -0.489 e. The molecule has 0 fully saturated rings. The molecule has 37 heavy (non-hydrogen) atoms. The Morgan fingerprint density at radius 1 is 1.22 bits per heavy atom. The van der Waals surface area contributed by atoms with Gasteiger partial charge >= 0.3 is 0 Å². The minimum atomic E-state index is -0.963. The van der Waals surface area contributed by atoms with Crippen molar-refractivity contribution in [2.24, 2.45) is 0 Å². The lowest BCUT2D eigenvalue weighted by Gasteiger charge is -2.33. The van der Waals surface area contributed by atoms with Gasteiger partial charge in [-0.25, -0.2) is 13.5 Å². The van der Waals surface area contributed by atoms with E-state index in [0.29, 0.717) is 29.0 Å². The molecular weight excluding hydrogens is 508 g/mol. The molecule has 12 heteroatoms. The highest BCUT2D eigenvalue weighted by Crippen LogP contribution is 2.34. The summed E-state index contributed by atoms with van der Waals surface area (Å²) >= 11 is 6.44. The van der Waals surface area contributed by atoms with Crippen molar-refractivity contribution >= 4 is 35.0 Å². The second kappa shape index (κ2) is 9.47. The number of anilines is 1. The number of hydrogen-bond acceptors (Lipinski definition) is 5. The van der Waals surface area contributed by atoms with Crippen LogP contribution in [0.3, 0.4) is 0 Å². The van der Waals surface area contributed by atoms with Crippen LogP contribution in [0.15, 0.2) is 36.4 Å². The third kappa shape index (κ3) is 4.18. The van der Waals surface area contributed by atoms with Gasteiger partial charge in [-0.2, -0.15) is 5.10 Å². The van der Waals surface area contributed by atoms with Gasteiger partial charge in [0.1, 0.15) is 35.2 Å². The molecule has 0 aliphatic carbocycles. The molecule has 0 bridgehead atoms. The van der Waals surface area contributed by atoms with Crippen LogP contribution in [0.4, 0.5) is 14.5 Å². The zero-order valence-corrected chi connectivity index (χ0v) is 20.7. The number of carbonyl (C=O) groups is 3. The molecule has 2 aliphatic rings. The van der Waals surface area contributed by atoms with E-state index in [9.17, 15) is 23.2 Å². The molecule has 1 aromatic heterocycles. The molecule has 2 aliphatic heterocycles. The molecule has 2 aromatic carbocycles. The van der Waals surface area contributed by atoms with Crippen LogP contribution in [-0.2, 0) is 17.8 Å². The Kier molecular flexibility index (Phi) is 6.32. The number of halogens is 3. The molecule has 0 saturated heterocycles. The maximum atomic E-state index is 14.2. The zero-order valence-electron chi connectivity index (χ0n) is 19.9. The fourth-order valence-corrected chi connectivity index (χ4v) is 4.86. The van der Waals surface area contributed by atoms with Crippen LogP contribution in [0, 0.1) is 11.6 Å². The SMILES string of the molecule is CNC(=O)c1ccc2c(c1)OC[C@H](N1CCc3c(nn(Cc4c(F)cccc4F)c3Cl)C1=O)C(=O)N2C. The van der Waals surface area contributed by atoms with E-state index in [1.54, 1.807) is 25.2 Å². The minimum absolute atomic E-state index is 0.0205. The third-order valence-corrected chi connectivity index (χ3v) is 7.04. The smallest absolute Gasteiger partial charge is 0.275 e. The average molecular weight is 530 g/mol. The van der Waals surface area contributed by atoms with Crippen LogP contribution < -0.4 is 15.0 Å². The van der Waals surface area contributed by atoms with E-state index in [4.69, 9.17) is 16.3 Å². The van der Waals surface area contributed by atoms with E-state index in [0.717, 1.165) is 12.1 Å². The van der Waals surface area contributed by atoms with Crippen molar-refractivity contribution in [3.8, 4) is 5.75 Å². The van der Waals surface area contributed by atoms with Gasteiger partial charge in [-0.3, -0.25) is 14.4 Å². The quantitative estimate of drug-likeness (QED) is 0.560. The maximum Gasteiger partial charge on any atom is 0.275 e. The highest BCUT2D eigenvalue weighted by Gasteiger charge is 2.41. The summed E-state index contributed by atoms with van der Waals surface area (Å²) in [6.45, 7) is -0.267. The molecule has 5 rings (SSSR count). The van der Waals surface area contributed by atoms with Crippen LogP contribution in [-0.4, -0.2) is 65.7 Å². The molecule has 3 heterocycles. The monoisotopic (exact) mass is 529 g/mol. The van der Waals surface area contributed by atoms with E-state index in [1.807, 2.05) is 0 Å². The van der Waals surface area contributed by atoms with Crippen LogP contribution >= 0.6 is 11.6 Å². The van der Waals surface area contributed by atoms with E-state index in [-0.39, 0.29) is 47.9 Å². The number of rotatable bonds is 4. The lowest BCUT2D eigenvalue weighted by molar-refractivity contribution is -0.123. The summed E-state index contributed by atoms with van der Waals surface area (Å²) in [7, 11) is 3.08. The summed E-state index contributed by atoms with van der Waals surface area (Å²) < 4.78 is 35.4. The summed E-state index contributed by atoms with van der Waals surface area (Å²) in [5.74, 6) is -2.38. The highest BCUT2D eigenvalue weighted by atomic mass is 35.5. The highest BCUT2D eigenvalue weighted by molar-refractivity contribution is 6.31. The number of fused-ring (bicyclic) bond motifs is 2. The van der Waals surface area contributed by atoms with E-state index in [2.05, 4.69) is 10.4 Å². The predicted molar refractivity (Wildman–Crippen MR) is 130 cm³/mol. The molecule has 1 N–H and O–H groups in total. The number of benzene rings is 2. The average Bonchev–Trinajstić information content (AvgIpc) is 3.15. The van der Waals surface area contributed by atoms with Crippen molar-refractivity contribution in [2.45, 2.75) is 19.0 Å². The Hall–Kier alpha value is -3.99. The van der Waals surface area contributed by atoms with Gasteiger partial charge in [-0.1, -0.05) is 17.7 Å². The van der Waals surface area contributed by atoms with Gasteiger partial charge in [0.25, 0.3) is 17.7 Å². The van der Waals surface area contributed by atoms with E-state index in [1.165, 1.54) is 27.6 Å². The van der Waals surface area contributed by atoms with Gasteiger partial charge in [0.2, 0.25) is 0 Å². The van der Waals surface area contributed by atoms with E-state index >= 15 is 0 Å². The molecule has 1 atom stereocenters. The summed E-state index contributed by atoms with van der Waals surface area (Å²) in [5, 5.41) is 6.90. The van der Waals surface area contributed by atoms with Gasteiger partial charge in [0, 0.05) is 37.3 Å². The summed E-state index contributed by atoms with van der Waals surface area (Å²) in [5.41, 5.74) is 1.08. The van der Waals surface area contributed by atoms with Crippen molar-refractivity contribution in [1.29, 1.82) is 0 Å². The van der Waals surface area contributed by atoms with Gasteiger partial charge < -0.3 is 19.9 Å². The standard InChI is InChI=1S/C25H22ClF2N5O4/c1-29-23(34)13-6-7-18-20(10-13)37-12-19(24(35)31(18)2)32-9-8-14-21(25(32)36)30-33(22(14)26)11-15-16(27)4-3-5-17(15)28/h3-7,10,19H,8-9,11-12H2,1-2H3,(H,29,34)/t19-/m0/s1. The fraction of sp³-hybridized carbons (Fsp3) is 0.280. The molecule has 3 amide bonds. The van der Waals surface area contributed by atoms with Gasteiger partial charge in [0.15, 0.2) is 5.69 Å². The number of hydrogen-bond donors (Lipinski definition) is 1. The van der Waals surface area contributed by atoms with Crippen LogP contribution in [0.25, 0.3) is 0 Å². The first-order valence-corrected chi connectivity index (χ1v) is 11.8. The number of nitrogens with zero attached hydrogens (tertiary/aromatic N) is 4. The van der Waals surface area contributed by atoms with Crippen molar-refractivity contribution in [2.75, 3.05) is 32.1 Å². The van der Waals surface area contributed by atoms with Crippen molar-refractivity contribution in [1.82, 2.24) is 20.0 Å². The Morgan fingerprint density at radius 3 is 2.65 bits per heavy atom. The first kappa shape index (κ1) is 24.7. The van der Waals surface area contributed by atoms with Crippen molar-refractivity contribution in [3.63, 3.8) is 0 Å². The molecule has 0 saturated carbocycles. The maximum absolute atomic E-state index is 14.2. The van der Waals surface area contributed by atoms with Gasteiger partial charge in [0.05, 0.1) is 12.2 Å². The topological polar surface area (TPSA) is 96.8 Å². The summed E-state index contributed by atoms with van der Waals surface area (Å²) in [6, 6.07) is 7.29. The van der Waals surface area contributed by atoms with Crippen molar-refractivity contribution < 1.29 is 27.9 Å². The van der Waals surface area contributed by atoms with Crippen LogP contribution in [0.1, 0.15) is 32.0 Å². The Balaban J connectivity index is 1.42. The molecule has 0 spiro atoms. The Bertz CT molecular complexity index is 1420. The number of nitrogens with one attached hydrogen (secondary N) is 1. The first-order chi connectivity index (χ1) is 17.7. The number of aromatic nitrogens is 2. The number of carbonyl (C=O) groups excluding carboxylic acids is 3. The Morgan fingerprint density at radius 2 is 1.95 bits per heavy atom. The zero-order chi connectivity index (χ0) is 26.4. The van der Waals surface area contributed by atoms with Crippen molar-refractivity contribution in [3.05, 3.63) is 75.6 Å². The lowest BCUT2D eigenvalue weighted by atomic mass is 10.0. The lowest BCUT2D eigenvalue weighted by Crippen LogP contribution is -2.54. The summed E-state index contributed by atoms with van der Waals surface area (Å²) in [4.78, 5) is 41.6. The third-order valence-electron chi connectivity index (χ3n) is 6.62. The second-order valence-corrected chi connectivity index (χ2v) is 9.07. The van der Waals surface area contributed by atoms with Gasteiger partial charge in [-0.05, 0) is 36.8 Å². The fourth-order valence-electron chi connectivity index (χ4n) is 4.57. The predicted octanol–water partition coefficient (Wildman–Crippen LogP) is 2.64.